The Labute approximate surface area is 126 Å². The molecule has 1 atom stereocenters. The fourth-order valence-corrected chi connectivity index (χ4v) is 2.88. The number of carboxylic acid groups (broad SMARTS) is 1. The van der Waals surface area contributed by atoms with E-state index in [-0.39, 0.29) is 10.8 Å². The van der Waals surface area contributed by atoms with Crippen LogP contribution >= 0.6 is 11.3 Å². The summed E-state index contributed by atoms with van der Waals surface area (Å²) in [6.07, 6.45) is -0.734. The smallest absolute Gasteiger partial charge is 0.346 e. The summed E-state index contributed by atoms with van der Waals surface area (Å²) in [6, 6.07) is 10.8. The Kier molecular flexibility index (Phi) is 4.72. The Morgan fingerprint density at radius 1 is 1.29 bits per heavy atom. The van der Waals surface area contributed by atoms with Gasteiger partial charge in [0, 0.05) is 7.11 Å². The fourth-order valence-electron chi connectivity index (χ4n) is 1.97. The maximum absolute atomic E-state index is 12.3. The Bertz CT molecular complexity index is 651. The highest BCUT2D eigenvalue weighted by Crippen LogP contribution is 2.28. The standard InChI is InChI=1S/C15H15NO4S/c1-9-8-11(21-13(9)15(18)19)16-14(17)12(20-2)10-6-4-3-5-7-10/h3-8,12H,1-2H3,(H,16,17)(H,18,19). The van der Waals surface area contributed by atoms with Gasteiger partial charge in [0.05, 0.1) is 5.00 Å². The van der Waals surface area contributed by atoms with E-state index in [0.717, 1.165) is 16.9 Å². The molecule has 2 N–H and O–H groups in total. The average Bonchev–Trinajstić information content (AvgIpc) is 2.81. The number of methoxy groups -OCH3 is 1. The molecule has 0 fully saturated rings. The van der Waals surface area contributed by atoms with E-state index in [1.165, 1.54) is 7.11 Å². The van der Waals surface area contributed by atoms with Crippen LogP contribution in [0.5, 0.6) is 0 Å². The Morgan fingerprint density at radius 3 is 2.48 bits per heavy atom. The van der Waals surface area contributed by atoms with Crippen LogP contribution in [0.3, 0.4) is 0 Å². The molecule has 21 heavy (non-hydrogen) atoms. The van der Waals surface area contributed by atoms with Gasteiger partial charge in [-0.3, -0.25) is 4.79 Å². The minimum absolute atomic E-state index is 0.221. The fraction of sp³-hybridized carbons (Fsp3) is 0.200. The SMILES string of the molecule is COC(C(=O)Nc1cc(C)c(C(=O)O)s1)c1ccccc1. The van der Waals surface area contributed by atoms with Crippen LogP contribution in [-0.2, 0) is 9.53 Å². The van der Waals surface area contributed by atoms with Gasteiger partial charge in [0.2, 0.25) is 0 Å². The number of nitrogens with one attached hydrogen (secondary N) is 1. The molecule has 0 radical (unpaired) electrons. The van der Waals surface area contributed by atoms with E-state index in [0.29, 0.717) is 10.6 Å². The summed E-state index contributed by atoms with van der Waals surface area (Å²) >= 11 is 1.03. The molecule has 0 saturated heterocycles. The lowest BCUT2D eigenvalue weighted by molar-refractivity contribution is -0.126. The summed E-state index contributed by atoms with van der Waals surface area (Å²) in [7, 11) is 1.46. The van der Waals surface area contributed by atoms with Crippen molar-refractivity contribution in [2.75, 3.05) is 12.4 Å². The summed E-state index contributed by atoms with van der Waals surface area (Å²) in [6.45, 7) is 1.70. The molecular formula is C15H15NO4S. The van der Waals surface area contributed by atoms with Gasteiger partial charge >= 0.3 is 5.97 Å². The molecule has 0 aliphatic carbocycles. The number of carbonyl (C=O) groups is 2. The van der Waals surface area contributed by atoms with Gasteiger partial charge in [0.15, 0.2) is 6.10 Å². The van der Waals surface area contributed by atoms with Crippen molar-refractivity contribution < 1.29 is 19.4 Å². The van der Waals surface area contributed by atoms with Crippen LogP contribution in [0.25, 0.3) is 0 Å². The van der Waals surface area contributed by atoms with E-state index in [2.05, 4.69) is 5.32 Å². The molecule has 5 nitrogen and oxygen atoms in total. The zero-order chi connectivity index (χ0) is 15.4. The molecule has 0 saturated carbocycles. The first-order valence-corrected chi connectivity index (χ1v) is 7.07. The van der Waals surface area contributed by atoms with Crippen molar-refractivity contribution in [1.29, 1.82) is 0 Å². The number of thiophene rings is 1. The topological polar surface area (TPSA) is 75.6 Å². The summed E-state index contributed by atoms with van der Waals surface area (Å²) in [4.78, 5) is 23.5. The number of rotatable bonds is 5. The first-order valence-electron chi connectivity index (χ1n) is 6.25. The lowest BCUT2D eigenvalue weighted by Gasteiger charge is -2.14. The monoisotopic (exact) mass is 305 g/mol. The van der Waals surface area contributed by atoms with Gasteiger partial charge in [-0.2, -0.15) is 0 Å². The maximum Gasteiger partial charge on any atom is 0.346 e. The van der Waals surface area contributed by atoms with Gasteiger partial charge in [-0.1, -0.05) is 30.3 Å². The zero-order valence-corrected chi connectivity index (χ0v) is 12.4. The minimum atomic E-state index is -0.996. The van der Waals surface area contributed by atoms with Gasteiger partial charge in [-0.25, -0.2) is 4.79 Å². The van der Waals surface area contributed by atoms with Crippen molar-refractivity contribution in [2.24, 2.45) is 0 Å². The predicted molar refractivity (Wildman–Crippen MR) is 80.8 cm³/mol. The van der Waals surface area contributed by atoms with E-state index in [9.17, 15) is 9.59 Å². The largest absolute Gasteiger partial charge is 0.477 e. The number of hydrogen-bond acceptors (Lipinski definition) is 4. The van der Waals surface area contributed by atoms with Crippen molar-refractivity contribution in [2.45, 2.75) is 13.0 Å². The maximum atomic E-state index is 12.3. The Balaban J connectivity index is 2.17. The van der Waals surface area contributed by atoms with Crippen LogP contribution in [-0.4, -0.2) is 24.1 Å². The van der Waals surface area contributed by atoms with Gasteiger partial charge < -0.3 is 15.2 Å². The molecule has 1 aromatic heterocycles. The molecule has 1 aromatic carbocycles. The van der Waals surface area contributed by atoms with E-state index in [1.54, 1.807) is 25.1 Å². The van der Waals surface area contributed by atoms with Gasteiger partial charge in [0.25, 0.3) is 5.91 Å². The molecule has 6 heteroatoms. The van der Waals surface area contributed by atoms with Crippen LogP contribution in [0.15, 0.2) is 36.4 Å². The van der Waals surface area contributed by atoms with E-state index >= 15 is 0 Å². The quantitative estimate of drug-likeness (QED) is 0.890. The third-order valence-electron chi connectivity index (χ3n) is 2.93. The highest BCUT2D eigenvalue weighted by atomic mass is 32.1. The van der Waals surface area contributed by atoms with Crippen molar-refractivity contribution in [3.8, 4) is 0 Å². The predicted octanol–water partition coefficient (Wildman–Crippen LogP) is 3.08. The Hall–Kier alpha value is -2.18. The van der Waals surface area contributed by atoms with Gasteiger partial charge in [0.1, 0.15) is 4.88 Å². The van der Waals surface area contributed by atoms with Crippen molar-refractivity contribution in [3.63, 3.8) is 0 Å². The summed E-state index contributed by atoms with van der Waals surface area (Å²) in [5.74, 6) is -1.33. The lowest BCUT2D eigenvalue weighted by Crippen LogP contribution is -2.22. The molecule has 1 unspecified atom stereocenters. The number of ether oxygens (including phenoxy) is 1. The molecule has 2 rings (SSSR count). The van der Waals surface area contributed by atoms with Crippen LogP contribution in [0.4, 0.5) is 5.00 Å². The molecular weight excluding hydrogens is 290 g/mol. The summed E-state index contributed by atoms with van der Waals surface area (Å²) in [5, 5.41) is 12.2. The molecule has 2 aromatic rings. The highest BCUT2D eigenvalue weighted by molar-refractivity contribution is 7.18. The Morgan fingerprint density at radius 2 is 1.95 bits per heavy atom. The average molecular weight is 305 g/mol. The summed E-state index contributed by atoms with van der Waals surface area (Å²) in [5.41, 5.74) is 1.36. The molecule has 0 aliphatic heterocycles. The molecule has 1 heterocycles. The van der Waals surface area contributed by atoms with E-state index < -0.39 is 12.1 Å². The van der Waals surface area contributed by atoms with Gasteiger partial charge in [-0.05, 0) is 24.1 Å². The number of carboxylic acids is 1. The third-order valence-corrected chi connectivity index (χ3v) is 4.08. The van der Waals surface area contributed by atoms with Gasteiger partial charge in [-0.15, -0.1) is 11.3 Å². The molecule has 0 aliphatic rings. The third kappa shape index (κ3) is 3.48. The molecule has 0 spiro atoms. The first kappa shape index (κ1) is 15.2. The zero-order valence-electron chi connectivity index (χ0n) is 11.6. The van der Waals surface area contributed by atoms with Crippen molar-refractivity contribution in [1.82, 2.24) is 0 Å². The number of hydrogen-bond donors (Lipinski definition) is 2. The first-order chi connectivity index (χ1) is 10.0. The number of benzene rings is 1. The second-order valence-corrected chi connectivity index (χ2v) is 5.50. The molecule has 110 valence electrons. The van der Waals surface area contributed by atoms with Crippen LogP contribution in [0, 0.1) is 6.92 Å². The number of aromatic carboxylic acids is 1. The second-order valence-electron chi connectivity index (χ2n) is 4.44. The highest BCUT2D eigenvalue weighted by Gasteiger charge is 2.21. The lowest BCUT2D eigenvalue weighted by atomic mass is 10.1. The normalized spacial score (nSPS) is 11.9. The van der Waals surface area contributed by atoms with Crippen LogP contribution in [0.1, 0.15) is 26.9 Å². The molecule has 0 bridgehead atoms. The number of anilines is 1. The molecule has 1 amide bonds. The van der Waals surface area contributed by atoms with Crippen molar-refractivity contribution >= 4 is 28.2 Å². The van der Waals surface area contributed by atoms with Crippen LogP contribution < -0.4 is 5.32 Å². The number of amides is 1. The van der Waals surface area contributed by atoms with Crippen molar-refractivity contribution in [3.05, 3.63) is 52.4 Å². The summed E-state index contributed by atoms with van der Waals surface area (Å²) < 4.78 is 5.23. The van der Waals surface area contributed by atoms with E-state index in [1.807, 2.05) is 18.2 Å². The number of aryl methyl sites for hydroxylation is 1. The minimum Gasteiger partial charge on any atom is -0.477 e. The van der Waals surface area contributed by atoms with Crippen LogP contribution in [0.2, 0.25) is 0 Å². The van der Waals surface area contributed by atoms with E-state index in [4.69, 9.17) is 9.84 Å². The second kappa shape index (κ2) is 6.51. The number of carbonyl (C=O) groups excluding carboxylic acids is 1.